The smallest absolute Gasteiger partial charge is 0.0815 e. The first-order valence-corrected chi connectivity index (χ1v) is 6.47. The van der Waals surface area contributed by atoms with Crippen LogP contribution in [0, 0.1) is 0 Å². The van der Waals surface area contributed by atoms with Crippen molar-refractivity contribution in [3.05, 3.63) is 0 Å². The minimum atomic E-state index is -0.0799. The second-order valence-electron chi connectivity index (χ2n) is 4.72. The summed E-state index contributed by atoms with van der Waals surface area (Å²) in [5.41, 5.74) is 6.41. The number of hydrogen-bond acceptors (Lipinski definition) is 3. The highest BCUT2D eigenvalue weighted by Crippen LogP contribution is 2.19. The first kappa shape index (κ1) is 12.9. The fraction of sp³-hybridized carbons (Fsp3) is 1.00. The lowest BCUT2D eigenvalue weighted by Crippen LogP contribution is -2.66. The lowest BCUT2D eigenvalue weighted by molar-refractivity contribution is 0.0537. The van der Waals surface area contributed by atoms with Gasteiger partial charge in [0.25, 0.3) is 0 Å². The zero-order valence-corrected chi connectivity index (χ0v) is 10.4. The number of nitrogens with zero attached hydrogens (tertiary/aromatic N) is 1. The SMILES string of the molecule is CCCCN1CCNCC1(N)CCCC. The molecule has 1 rings (SSSR count). The van der Waals surface area contributed by atoms with Gasteiger partial charge >= 0.3 is 0 Å². The summed E-state index contributed by atoms with van der Waals surface area (Å²) in [6, 6.07) is 0. The molecule has 1 saturated heterocycles. The van der Waals surface area contributed by atoms with E-state index >= 15 is 0 Å². The average Bonchev–Trinajstić information content (AvgIpc) is 2.25. The second-order valence-corrected chi connectivity index (χ2v) is 4.72. The van der Waals surface area contributed by atoms with E-state index in [9.17, 15) is 0 Å². The summed E-state index contributed by atoms with van der Waals surface area (Å²) < 4.78 is 0. The van der Waals surface area contributed by atoms with Gasteiger partial charge in [-0.05, 0) is 19.4 Å². The van der Waals surface area contributed by atoms with E-state index in [4.69, 9.17) is 5.73 Å². The van der Waals surface area contributed by atoms with E-state index < -0.39 is 0 Å². The van der Waals surface area contributed by atoms with Gasteiger partial charge in [-0.25, -0.2) is 0 Å². The van der Waals surface area contributed by atoms with Gasteiger partial charge < -0.3 is 11.1 Å². The maximum atomic E-state index is 6.49. The molecule has 1 aliphatic heterocycles. The van der Waals surface area contributed by atoms with E-state index in [0.29, 0.717) is 0 Å². The molecular weight excluding hydrogens is 186 g/mol. The monoisotopic (exact) mass is 213 g/mol. The van der Waals surface area contributed by atoms with Crippen molar-refractivity contribution in [1.29, 1.82) is 0 Å². The molecule has 0 amide bonds. The highest BCUT2D eigenvalue weighted by Gasteiger charge is 2.33. The molecule has 1 aliphatic rings. The molecule has 3 heteroatoms. The number of unbranched alkanes of at least 4 members (excludes halogenated alkanes) is 2. The number of nitrogens with one attached hydrogen (secondary N) is 1. The molecule has 3 nitrogen and oxygen atoms in total. The van der Waals surface area contributed by atoms with Crippen LogP contribution in [0.15, 0.2) is 0 Å². The van der Waals surface area contributed by atoms with Crippen LogP contribution in [-0.2, 0) is 0 Å². The van der Waals surface area contributed by atoms with Crippen molar-refractivity contribution in [1.82, 2.24) is 10.2 Å². The van der Waals surface area contributed by atoms with E-state index in [2.05, 4.69) is 24.1 Å². The summed E-state index contributed by atoms with van der Waals surface area (Å²) >= 11 is 0. The summed E-state index contributed by atoms with van der Waals surface area (Å²) in [7, 11) is 0. The van der Waals surface area contributed by atoms with Crippen molar-refractivity contribution < 1.29 is 0 Å². The molecule has 1 heterocycles. The van der Waals surface area contributed by atoms with E-state index in [0.717, 1.165) is 26.1 Å². The summed E-state index contributed by atoms with van der Waals surface area (Å²) in [4.78, 5) is 2.49. The largest absolute Gasteiger partial charge is 0.312 e. The highest BCUT2D eigenvalue weighted by atomic mass is 15.3. The van der Waals surface area contributed by atoms with Crippen LogP contribution in [0.2, 0.25) is 0 Å². The molecule has 0 spiro atoms. The van der Waals surface area contributed by atoms with Gasteiger partial charge in [0.1, 0.15) is 0 Å². The third-order valence-electron chi connectivity index (χ3n) is 3.36. The fourth-order valence-electron chi connectivity index (χ4n) is 2.27. The average molecular weight is 213 g/mol. The van der Waals surface area contributed by atoms with Gasteiger partial charge in [-0.15, -0.1) is 0 Å². The molecule has 1 fully saturated rings. The first-order valence-electron chi connectivity index (χ1n) is 6.47. The summed E-state index contributed by atoms with van der Waals surface area (Å²) in [6.45, 7) is 8.80. The van der Waals surface area contributed by atoms with Crippen LogP contribution in [0.25, 0.3) is 0 Å². The molecule has 0 aliphatic carbocycles. The fourth-order valence-corrected chi connectivity index (χ4v) is 2.27. The second kappa shape index (κ2) is 6.46. The van der Waals surface area contributed by atoms with Crippen LogP contribution in [-0.4, -0.2) is 36.7 Å². The topological polar surface area (TPSA) is 41.3 Å². The zero-order chi connectivity index (χ0) is 11.1. The van der Waals surface area contributed by atoms with E-state index in [1.807, 2.05) is 0 Å². The number of piperazine rings is 1. The summed E-state index contributed by atoms with van der Waals surface area (Å²) in [5, 5.41) is 3.42. The van der Waals surface area contributed by atoms with Gasteiger partial charge in [0.15, 0.2) is 0 Å². The number of hydrogen-bond donors (Lipinski definition) is 2. The van der Waals surface area contributed by atoms with Crippen LogP contribution in [0.1, 0.15) is 46.0 Å². The van der Waals surface area contributed by atoms with Crippen molar-refractivity contribution in [3.63, 3.8) is 0 Å². The predicted octanol–water partition coefficient (Wildman–Crippen LogP) is 1.54. The van der Waals surface area contributed by atoms with E-state index in [1.54, 1.807) is 0 Å². The standard InChI is InChI=1S/C12H27N3/c1-3-5-7-12(13)11-14-8-10-15(12)9-6-4-2/h14H,3-11,13H2,1-2H3. The lowest BCUT2D eigenvalue weighted by Gasteiger charge is -2.45. The van der Waals surface area contributed by atoms with Crippen LogP contribution in [0.4, 0.5) is 0 Å². The Balaban J connectivity index is 2.46. The normalized spacial score (nSPS) is 28.2. The molecule has 15 heavy (non-hydrogen) atoms. The Hall–Kier alpha value is -0.120. The van der Waals surface area contributed by atoms with Crippen LogP contribution >= 0.6 is 0 Å². The molecule has 1 unspecified atom stereocenters. The molecule has 0 aromatic heterocycles. The summed E-state index contributed by atoms with van der Waals surface area (Å²) in [5.74, 6) is 0. The molecule has 0 bridgehead atoms. The van der Waals surface area contributed by atoms with Gasteiger partial charge in [-0.3, -0.25) is 4.90 Å². The Morgan fingerprint density at radius 3 is 2.67 bits per heavy atom. The van der Waals surface area contributed by atoms with Gasteiger partial charge in [-0.2, -0.15) is 0 Å². The maximum Gasteiger partial charge on any atom is 0.0815 e. The van der Waals surface area contributed by atoms with Crippen molar-refractivity contribution in [2.24, 2.45) is 5.73 Å². The number of nitrogens with two attached hydrogens (primary N) is 1. The Morgan fingerprint density at radius 1 is 1.27 bits per heavy atom. The number of rotatable bonds is 6. The molecule has 0 radical (unpaired) electrons. The Bertz CT molecular complexity index is 172. The highest BCUT2D eigenvalue weighted by molar-refractivity contribution is 4.90. The Morgan fingerprint density at radius 2 is 2.00 bits per heavy atom. The zero-order valence-electron chi connectivity index (χ0n) is 10.4. The molecule has 0 aromatic carbocycles. The molecular formula is C12H27N3. The molecule has 1 atom stereocenters. The minimum Gasteiger partial charge on any atom is -0.312 e. The van der Waals surface area contributed by atoms with Crippen LogP contribution < -0.4 is 11.1 Å². The lowest BCUT2D eigenvalue weighted by atomic mass is 9.98. The minimum absolute atomic E-state index is 0.0799. The van der Waals surface area contributed by atoms with Gasteiger partial charge in [0.2, 0.25) is 0 Å². The van der Waals surface area contributed by atoms with Crippen LogP contribution in [0.5, 0.6) is 0 Å². The third kappa shape index (κ3) is 3.74. The van der Waals surface area contributed by atoms with Gasteiger partial charge in [-0.1, -0.05) is 33.1 Å². The predicted molar refractivity (Wildman–Crippen MR) is 65.8 cm³/mol. The first-order chi connectivity index (χ1) is 7.23. The van der Waals surface area contributed by atoms with Crippen LogP contribution in [0.3, 0.4) is 0 Å². The molecule has 0 aromatic rings. The molecule has 3 N–H and O–H groups in total. The van der Waals surface area contributed by atoms with E-state index in [-0.39, 0.29) is 5.66 Å². The van der Waals surface area contributed by atoms with Crippen molar-refractivity contribution in [2.75, 3.05) is 26.2 Å². The van der Waals surface area contributed by atoms with Gasteiger partial charge in [0.05, 0.1) is 5.66 Å². The quantitative estimate of drug-likeness (QED) is 0.703. The van der Waals surface area contributed by atoms with Gasteiger partial charge in [0, 0.05) is 19.6 Å². The Labute approximate surface area is 94.4 Å². The van der Waals surface area contributed by atoms with Crippen molar-refractivity contribution in [2.45, 2.75) is 51.6 Å². The summed E-state index contributed by atoms with van der Waals surface area (Å²) in [6.07, 6.45) is 6.13. The van der Waals surface area contributed by atoms with E-state index in [1.165, 1.54) is 32.2 Å². The Kier molecular flexibility index (Phi) is 5.58. The maximum absolute atomic E-state index is 6.49. The van der Waals surface area contributed by atoms with Crippen molar-refractivity contribution >= 4 is 0 Å². The molecule has 0 saturated carbocycles. The molecule has 90 valence electrons. The third-order valence-corrected chi connectivity index (χ3v) is 3.36. The van der Waals surface area contributed by atoms with Crippen molar-refractivity contribution in [3.8, 4) is 0 Å².